The number of aliphatic imine (C=N–C) groups is 1. The number of rotatable bonds is 8. The van der Waals surface area contributed by atoms with Crippen LogP contribution in [-0.4, -0.2) is 43.7 Å². The van der Waals surface area contributed by atoms with E-state index in [-0.39, 0.29) is 0 Å². The first-order valence-electron chi connectivity index (χ1n) is 6.52. The largest absolute Gasteiger partial charge is 0.382 e. The molecule has 0 rings (SSSR count). The van der Waals surface area contributed by atoms with E-state index in [2.05, 4.69) is 29.2 Å². The molecule has 0 radical (unpaired) electrons. The zero-order valence-corrected chi connectivity index (χ0v) is 11.7. The highest BCUT2D eigenvalue weighted by molar-refractivity contribution is 5.79. The van der Waals surface area contributed by atoms with Gasteiger partial charge in [0.15, 0.2) is 0 Å². The molecule has 0 aliphatic heterocycles. The van der Waals surface area contributed by atoms with Gasteiger partial charge in [-0.25, -0.2) is 5.84 Å². The molecule has 0 unspecified atom stereocenters. The molecule has 0 aliphatic carbocycles. The molecular formula is C12H28N4O. The average molecular weight is 244 g/mol. The van der Waals surface area contributed by atoms with E-state index in [4.69, 9.17) is 10.6 Å². The summed E-state index contributed by atoms with van der Waals surface area (Å²) in [6, 6.07) is 0.483. The minimum atomic E-state index is 0.483. The van der Waals surface area contributed by atoms with Crippen molar-refractivity contribution in [2.24, 2.45) is 10.8 Å². The van der Waals surface area contributed by atoms with Crippen molar-refractivity contribution in [2.45, 2.75) is 46.1 Å². The summed E-state index contributed by atoms with van der Waals surface area (Å²) >= 11 is 0. The Morgan fingerprint density at radius 3 is 2.47 bits per heavy atom. The van der Waals surface area contributed by atoms with Gasteiger partial charge >= 0.3 is 0 Å². The molecule has 5 heteroatoms. The molecule has 0 aliphatic rings. The minimum Gasteiger partial charge on any atom is -0.382 e. The van der Waals surface area contributed by atoms with Crippen molar-refractivity contribution < 1.29 is 4.74 Å². The normalized spacial score (nSPS) is 12.0. The molecule has 0 aromatic carbocycles. The third kappa shape index (κ3) is 6.48. The van der Waals surface area contributed by atoms with Crippen LogP contribution in [0.1, 0.15) is 40.0 Å². The van der Waals surface area contributed by atoms with Gasteiger partial charge in [0.05, 0.1) is 0 Å². The van der Waals surface area contributed by atoms with Crippen molar-refractivity contribution in [2.75, 3.05) is 26.8 Å². The van der Waals surface area contributed by atoms with E-state index in [0.717, 1.165) is 45.0 Å². The Labute approximate surface area is 105 Å². The number of hydrogen-bond acceptors (Lipinski definition) is 3. The molecule has 0 bridgehead atoms. The van der Waals surface area contributed by atoms with Crippen molar-refractivity contribution in [1.82, 2.24) is 10.3 Å². The maximum atomic E-state index is 5.51. The van der Waals surface area contributed by atoms with Crippen molar-refractivity contribution in [3.63, 3.8) is 0 Å². The van der Waals surface area contributed by atoms with E-state index in [1.54, 1.807) is 0 Å². The Kier molecular flexibility index (Phi) is 9.86. The van der Waals surface area contributed by atoms with Gasteiger partial charge in [0.2, 0.25) is 5.96 Å². The summed E-state index contributed by atoms with van der Waals surface area (Å²) in [5.74, 6) is 6.27. The molecule has 0 aromatic heterocycles. The second kappa shape index (κ2) is 10.4. The molecule has 102 valence electrons. The number of hydrogen-bond donors (Lipinski definition) is 2. The van der Waals surface area contributed by atoms with Gasteiger partial charge < -0.3 is 9.64 Å². The van der Waals surface area contributed by atoms with Gasteiger partial charge in [-0.1, -0.05) is 13.8 Å². The van der Waals surface area contributed by atoms with E-state index < -0.39 is 0 Å². The van der Waals surface area contributed by atoms with Crippen molar-refractivity contribution >= 4 is 5.96 Å². The predicted octanol–water partition coefficient (Wildman–Crippen LogP) is 1.35. The van der Waals surface area contributed by atoms with Crippen LogP contribution in [0.4, 0.5) is 0 Å². The smallest absolute Gasteiger partial charge is 0.208 e. The van der Waals surface area contributed by atoms with Gasteiger partial charge in [-0.15, -0.1) is 0 Å². The van der Waals surface area contributed by atoms with E-state index in [0.29, 0.717) is 6.04 Å². The monoisotopic (exact) mass is 244 g/mol. The van der Waals surface area contributed by atoms with E-state index >= 15 is 0 Å². The molecule has 0 heterocycles. The molecule has 0 amide bonds. The van der Waals surface area contributed by atoms with Gasteiger partial charge in [0.25, 0.3) is 0 Å². The van der Waals surface area contributed by atoms with E-state index in [9.17, 15) is 0 Å². The molecule has 5 nitrogen and oxygen atoms in total. The summed E-state index contributed by atoms with van der Waals surface area (Å²) in [5, 5.41) is 0. The Morgan fingerprint density at radius 2 is 2.00 bits per heavy atom. The molecule has 17 heavy (non-hydrogen) atoms. The molecule has 3 N–H and O–H groups in total. The van der Waals surface area contributed by atoms with Crippen molar-refractivity contribution in [1.29, 1.82) is 0 Å². The third-order valence-electron chi connectivity index (χ3n) is 2.87. The van der Waals surface area contributed by atoms with Crippen molar-refractivity contribution in [3.05, 3.63) is 0 Å². The fourth-order valence-corrected chi connectivity index (χ4v) is 1.76. The first kappa shape index (κ1) is 16.2. The number of nitrogens with one attached hydrogen (secondary N) is 1. The van der Waals surface area contributed by atoms with Crippen LogP contribution in [0.3, 0.4) is 0 Å². The first-order chi connectivity index (χ1) is 8.21. The highest BCUT2D eigenvalue weighted by Gasteiger charge is 2.13. The van der Waals surface area contributed by atoms with E-state index in [1.165, 1.54) is 0 Å². The molecule has 0 saturated heterocycles. The Bertz CT molecular complexity index is 205. The second-order valence-electron chi connectivity index (χ2n) is 3.98. The third-order valence-corrected chi connectivity index (χ3v) is 2.87. The summed E-state index contributed by atoms with van der Waals surface area (Å²) in [5.41, 5.74) is 2.68. The van der Waals surface area contributed by atoms with Crippen LogP contribution in [0.2, 0.25) is 0 Å². The summed E-state index contributed by atoms with van der Waals surface area (Å²) in [4.78, 5) is 6.57. The van der Waals surface area contributed by atoms with Crippen LogP contribution in [-0.2, 0) is 4.74 Å². The molecule has 0 aromatic rings. The lowest BCUT2D eigenvalue weighted by atomic mass is 10.1. The van der Waals surface area contributed by atoms with Gasteiger partial charge in [0, 0.05) is 32.8 Å². The second-order valence-corrected chi connectivity index (χ2v) is 3.98. The number of guanidine groups is 1. The number of hydrazine groups is 1. The van der Waals surface area contributed by atoms with Gasteiger partial charge in [-0.2, -0.15) is 0 Å². The molecule has 0 atom stereocenters. The lowest BCUT2D eigenvalue weighted by Gasteiger charge is -2.28. The number of ether oxygens (including phenoxy) is 1. The Morgan fingerprint density at radius 1 is 1.35 bits per heavy atom. The molecule has 0 saturated carbocycles. The maximum absolute atomic E-state index is 5.51. The summed E-state index contributed by atoms with van der Waals surface area (Å²) in [6.07, 6.45) is 3.11. The zero-order valence-electron chi connectivity index (χ0n) is 11.7. The minimum absolute atomic E-state index is 0.483. The van der Waals surface area contributed by atoms with Crippen LogP contribution >= 0.6 is 0 Å². The standard InChI is InChI=1S/C12H28N4O/c1-5-11(6-2)16(4)12(15-13)14-9-8-10-17-7-3/h11H,5-10,13H2,1-4H3,(H,14,15). The maximum Gasteiger partial charge on any atom is 0.208 e. The fraction of sp³-hybridized carbons (Fsp3) is 0.917. The first-order valence-corrected chi connectivity index (χ1v) is 6.52. The summed E-state index contributed by atoms with van der Waals surface area (Å²) in [6.45, 7) is 8.61. The number of nitrogens with two attached hydrogens (primary N) is 1. The van der Waals surface area contributed by atoms with Crippen LogP contribution in [0.15, 0.2) is 4.99 Å². The van der Waals surface area contributed by atoms with Crippen molar-refractivity contribution in [3.8, 4) is 0 Å². The SMILES string of the molecule is CCOCCCN=C(NN)N(C)C(CC)CC. The van der Waals surface area contributed by atoms with Crippen LogP contribution in [0, 0.1) is 0 Å². The average Bonchev–Trinajstić information content (AvgIpc) is 2.35. The molecule has 0 spiro atoms. The lowest BCUT2D eigenvalue weighted by molar-refractivity contribution is 0.146. The van der Waals surface area contributed by atoms with Crippen LogP contribution in [0.25, 0.3) is 0 Å². The highest BCUT2D eigenvalue weighted by Crippen LogP contribution is 2.05. The zero-order chi connectivity index (χ0) is 13.1. The fourth-order valence-electron chi connectivity index (χ4n) is 1.76. The van der Waals surface area contributed by atoms with Gasteiger partial charge in [-0.05, 0) is 26.2 Å². The topological polar surface area (TPSA) is 62.9 Å². The van der Waals surface area contributed by atoms with Crippen LogP contribution in [0.5, 0.6) is 0 Å². The quantitative estimate of drug-likeness (QED) is 0.222. The number of nitrogens with zero attached hydrogens (tertiary/aromatic N) is 2. The Balaban J connectivity index is 4.14. The summed E-state index contributed by atoms with van der Waals surface area (Å²) in [7, 11) is 2.03. The van der Waals surface area contributed by atoms with Gasteiger partial charge in [-0.3, -0.25) is 10.4 Å². The predicted molar refractivity (Wildman–Crippen MR) is 72.9 cm³/mol. The molecule has 0 fully saturated rings. The van der Waals surface area contributed by atoms with Gasteiger partial charge in [0.1, 0.15) is 0 Å². The Hall–Kier alpha value is -0.810. The lowest BCUT2D eigenvalue weighted by Crippen LogP contribution is -2.47. The highest BCUT2D eigenvalue weighted by atomic mass is 16.5. The van der Waals surface area contributed by atoms with E-state index in [1.807, 2.05) is 14.0 Å². The molecular weight excluding hydrogens is 216 g/mol. The van der Waals surface area contributed by atoms with Crippen LogP contribution < -0.4 is 11.3 Å². The summed E-state index contributed by atoms with van der Waals surface area (Å²) < 4.78 is 5.26.